The first-order chi connectivity index (χ1) is 7.54. The van der Waals surface area contributed by atoms with Crippen LogP contribution in [0.4, 0.5) is 4.79 Å². The first-order valence-electron chi connectivity index (χ1n) is 5.42. The van der Waals surface area contributed by atoms with Crippen molar-refractivity contribution in [3.63, 3.8) is 0 Å². The molecule has 1 rings (SSSR count). The lowest BCUT2D eigenvalue weighted by molar-refractivity contribution is -0.135. The van der Waals surface area contributed by atoms with Gasteiger partial charge < -0.3 is 20.1 Å². The molecule has 1 aliphatic rings. The number of carbonyl (C=O) groups is 2. The van der Waals surface area contributed by atoms with Gasteiger partial charge in [-0.2, -0.15) is 0 Å². The Labute approximate surface area is 94.6 Å². The molecule has 1 fully saturated rings. The van der Waals surface area contributed by atoms with Gasteiger partial charge in [0.2, 0.25) is 0 Å². The van der Waals surface area contributed by atoms with Crippen molar-refractivity contribution in [2.45, 2.75) is 32.4 Å². The van der Waals surface area contributed by atoms with Crippen molar-refractivity contribution >= 4 is 12.0 Å². The van der Waals surface area contributed by atoms with Crippen LogP contribution in [-0.2, 0) is 9.53 Å². The molecule has 0 aliphatic carbocycles. The third kappa shape index (κ3) is 3.37. The summed E-state index contributed by atoms with van der Waals surface area (Å²) in [5.74, 6) is -1.04. The highest BCUT2D eigenvalue weighted by atomic mass is 16.5. The first-order valence-corrected chi connectivity index (χ1v) is 5.42. The normalized spacial score (nSPS) is 25.2. The second-order valence-corrected chi connectivity index (χ2v) is 3.91. The van der Waals surface area contributed by atoms with Crippen LogP contribution in [0.25, 0.3) is 0 Å². The Bertz CT molecular complexity index is 270. The van der Waals surface area contributed by atoms with Gasteiger partial charge in [0, 0.05) is 6.54 Å². The monoisotopic (exact) mass is 230 g/mol. The van der Waals surface area contributed by atoms with Gasteiger partial charge in [0.1, 0.15) is 6.54 Å². The van der Waals surface area contributed by atoms with Crippen molar-refractivity contribution < 1.29 is 19.4 Å². The maximum atomic E-state index is 11.7. The van der Waals surface area contributed by atoms with Gasteiger partial charge in [-0.25, -0.2) is 4.79 Å². The molecule has 2 amide bonds. The van der Waals surface area contributed by atoms with Crippen molar-refractivity contribution in [1.29, 1.82) is 0 Å². The molecule has 6 nitrogen and oxygen atoms in total. The number of hydrogen-bond acceptors (Lipinski definition) is 3. The summed E-state index contributed by atoms with van der Waals surface area (Å²) in [5.41, 5.74) is 0. The number of hydrogen-bond donors (Lipinski definition) is 2. The van der Waals surface area contributed by atoms with E-state index in [1.54, 1.807) is 4.90 Å². The van der Waals surface area contributed by atoms with Crippen molar-refractivity contribution in [2.75, 3.05) is 19.7 Å². The van der Waals surface area contributed by atoms with Gasteiger partial charge in [-0.1, -0.05) is 6.92 Å². The number of amides is 2. The number of aliphatic carboxylic acids is 1. The van der Waals surface area contributed by atoms with Gasteiger partial charge in [-0.3, -0.25) is 4.79 Å². The highest BCUT2D eigenvalue weighted by Crippen LogP contribution is 2.14. The van der Waals surface area contributed by atoms with Crippen LogP contribution in [0.3, 0.4) is 0 Å². The Hall–Kier alpha value is -1.30. The second-order valence-electron chi connectivity index (χ2n) is 3.91. The Kier molecular flexibility index (Phi) is 4.54. The summed E-state index contributed by atoms with van der Waals surface area (Å²) in [6.45, 7) is 4.54. The molecule has 1 heterocycles. The molecule has 0 bridgehead atoms. The van der Waals surface area contributed by atoms with E-state index in [1.165, 1.54) is 0 Å². The van der Waals surface area contributed by atoms with Crippen LogP contribution in [-0.4, -0.2) is 53.8 Å². The van der Waals surface area contributed by atoms with E-state index in [4.69, 9.17) is 9.84 Å². The molecule has 0 aromatic heterocycles. The predicted octanol–water partition coefficient (Wildman–Crippen LogP) is 0.280. The fourth-order valence-corrected chi connectivity index (χ4v) is 1.68. The molecule has 0 spiro atoms. The van der Waals surface area contributed by atoms with E-state index in [1.807, 2.05) is 13.8 Å². The number of rotatable bonds is 3. The predicted molar refractivity (Wildman–Crippen MR) is 57.2 cm³/mol. The zero-order valence-corrected chi connectivity index (χ0v) is 9.60. The fraction of sp³-hybridized carbons (Fsp3) is 0.800. The van der Waals surface area contributed by atoms with Crippen LogP contribution in [0.1, 0.15) is 20.3 Å². The summed E-state index contributed by atoms with van der Waals surface area (Å²) in [7, 11) is 0. The molecule has 0 aromatic rings. The standard InChI is InChI=1S/C10H18N2O4/c1-3-8-6-16-7(2)5-12(8)10(15)11-4-9(13)14/h7-8H,3-6H2,1-2H3,(H,11,15)(H,13,14). The molecule has 6 heteroatoms. The van der Waals surface area contributed by atoms with Gasteiger partial charge in [0.15, 0.2) is 0 Å². The van der Waals surface area contributed by atoms with E-state index < -0.39 is 5.97 Å². The molecule has 2 atom stereocenters. The Morgan fingerprint density at radius 2 is 2.25 bits per heavy atom. The molecule has 0 saturated carbocycles. The van der Waals surface area contributed by atoms with Gasteiger partial charge in [0.25, 0.3) is 0 Å². The number of carbonyl (C=O) groups excluding carboxylic acids is 1. The number of urea groups is 1. The number of nitrogens with one attached hydrogen (secondary N) is 1. The topological polar surface area (TPSA) is 78.9 Å². The van der Waals surface area contributed by atoms with E-state index in [0.29, 0.717) is 13.2 Å². The largest absolute Gasteiger partial charge is 0.480 e. The van der Waals surface area contributed by atoms with Crippen molar-refractivity contribution in [3.8, 4) is 0 Å². The number of nitrogens with zero attached hydrogens (tertiary/aromatic N) is 1. The average molecular weight is 230 g/mol. The molecule has 2 unspecified atom stereocenters. The summed E-state index contributed by atoms with van der Waals surface area (Å²) in [6.07, 6.45) is 0.797. The molecule has 16 heavy (non-hydrogen) atoms. The minimum atomic E-state index is -1.04. The number of morpholine rings is 1. The molecule has 1 saturated heterocycles. The lowest BCUT2D eigenvalue weighted by Gasteiger charge is -2.38. The van der Waals surface area contributed by atoms with Crippen LogP contribution >= 0.6 is 0 Å². The lowest BCUT2D eigenvalue weighted by Crippen LogP contribution is -2.55. The zero-order chi connectivity index (χ0) is 12.1. The van der Waals surface area contributed by atoms with Crippen LogP contribution in [0.5, 0.6) is 0 Å². The van der Waals surface area contributed by atoms with E-state index >= 15 is 0 Å². The number of carboxylic acid groups (broad SMARTS) is 1. The molecule has 92 valence electrons. The summed E-state index contributed by atoms with van der Waals surface area (Å²) < 4.78 is 5.45. The van der Waals surface area contributed by atoms with E-state index in [2.05, 4.69) is 5.32 Å². The summed E-state index contributed by atoms with van der Waals surface area (Å²) in [5, 5.41) is 10.8. The highest BCUT2D eigenvalue weighted by molar-refractivity contribution is 5.80. The molecule has 0 radical (unpaired) electrons. The van der Waals surface area contributed by atoms with Crippen molar-refractivity contribution in [1.82, 2.24) is 10.2 Å². The fourth-order valence-electron chi connectivity index (χ4n) is 1.68. The average Bonchev–Trinajstić information content (AvgIpc) is 2.25. The lowest BCUT2D eigenvalue weighted by atomic mass is 10.1. The molecule has 0 aromatic carbocycles. The number of ether oxygens (including phenoxy) is 1. The number of carboxylic acids is 1. The van der Waals surface area contributed by atoms with Gasteiger partial charge in [-0.15, -0.1) is 0 Å². The maximum Gasteiger partial charge on any atom is 0.323 e. The summed E-state index contributed by atoms with van der Waals surface area (Å²) in [6, 6.07) is -0.297. The van der Waals surface area contributed by atoms with Gasteiger partial charge >= 0.3 is 12.0 Å². The van der Waals surface area contributed by atoms with E-state index in [9.17, 15) is 9.59 Å². The van der Waals surface area contributed by atoms with E-state index in [0.717, 1.165) is 6.42 Å². The van der Waals surface area contributed by atoms with Gasteiger partial charge in [0.05, 0.1) is 18.8 Å². The smallest absolute Gasteiger partial charge is 0.323 e. The highest BCUT2D eigenvalue weighted by Gasteiger charge is 2.29. The van der Waals surface area contributed by atoms with Crippen LogP contribution in [0.2, 0.25) is 0 Å². The Balaban J connectivity index is 2.52. The van der Waals surface area contributed by atoms with Crippen molar-refractivity contribution in [3.05, 3.63) is 0 Å². The van der Waals surface area contributed by atoms with Crippen LogP contribution < -0.4 is 5.32 Å². The first kappa shape index (κ1) is 12.8. The molecule has 2 N–H and O–H groups in total. The Morgan fingerprint density at radius 1 is 1.56 bits per heavy atom. The third-order valence-electron chi connectivity index (χ3n) is 2.59. The van der Waals surface area contributed by atoms with E-state index in [-0.39, 0.29) is 24.7 Å². The van der Waals surface area contributed by atoms with Crippen molar-refractivity contribution in [2.24, 2.45) is 0 Å². The van der Waals surface area contributed by atoms with Gasteiger partial charge in [-0.05, 0) is 13.3 Å². The van der Waals surface area contributed by atoms with Crippen LogP contribution in [0.15, 0.2) is 0 Å². The SMILES string of the molecule is CCC1COC(C)CN1C(=O)NCC(=O)O. The third-order valence-corrected chi connectivity index (χ3v) is 2.59. The molecular weight excluding hydrogens is 212 g/mol. The summed E-state index contributed by atoms with van der Waals surface area (Å²) >= 11 is 0. The zero-order valence-electron chi connectivity index (χ0n) is 9.60. The quantitative estimate of drug-likeness (QED) is 0.730. The molecular formula is C10H18N2O4. The summed E-state index contributed by atoms with van der Waals surface area (Å²) in [4.78, 5) is 23.7. The minimum Gasteiger partial charge on any atom is -0.480 e. The maximum absolute atomic E-state index is 11.7. The molecule has 1 aliphatic heterocycles. The van der Waals surface area contributed by atoms with Crippen LogP contribution in [0, 0.1) is 0 Å². The Morgan fingerprint density at radius 3 is 2.81 bits per heavy atom. The second kappa shape index (κ2) is 5.69. The minimum absolute atomic E-state index is 0.00150.